The van der Waals surface area contributed by atoms with Gasteiger partial charge in [0.05, 0.1) is 5.01 Å². The first-order valence-corrected chi connectivity index (χ1v) is 4.77. The average Bonchev–Trinajstić information content (AvgIpc) is 2.28. The lowest BCUT2D eigenvalue weighted by atomic mass is 10.3. The second kappa shape index (κ2) is 3.72. The minimum Gasteiger partial charge on any atom is -0.383 e. The van der Waals surface area contributed by atoms with Crippen LogP contribution in [-0.2, 0) is 6.42 Å². The van der Waals surface area contributed by atoms with Crippen molar-refractivity contribution in [1.29, 1.82) is 0 Å². The van der Waals surface area contributed by atoms with Crippen LogP contribution < -0.4 is 5.73 Å². The molecule has 0 aliphatic rings. The molecule has 62 valence electrons. The third-order valence-electron chi connectivity index (χ3n) is 1.62. The first-order valence-electron chi connectivity index (χ1n) is 3.95. The Hall–Kier alpha value is -0.570. The van der Waals surface area contributed by atoms with Gasteiger partial charge in [-0.2, -0.15) is 0 Å². The summed E-state index contributed by atoms with van der Waals surface area (Å²) in [7, 11) is 0. The molecule has 0 radical (unpaired) electrons. The summed E-state index contributed by atoms with van der Waals surface area (Å²) >= 11 is 1.72. The summed E-state index contributed by atoms with van der Waals surface area (Å²) in [6.07, 6.45) is 3.52. The zero-order chi connectivity index (χ0) is 8.27. The van der Waals surface area contributed by atoms with E-state index in [1.165, 1.54) is 17.8 Å². The number of nitrogens with zero attached hydrogens (tertiary/aromatic N) is 1. The fourth-order valence-corrected chi connectivity index (χ4v) is 1.79. The lowest BCUT2D eigenvalue weighted by Crippen LogP contribution is -1.87. The number of anilines is 1. The first-order chi connectivity index (χ1) is 5.24. The maximum absolute atomic E-state index is 5.61. The van der Waals surface area contributed by atoms with Crippen molar-refractivity contribution in [2.45, 2.75) is 33.1 Å². The van der Waals surface area contributed by atoms with Crippen molar-refractivity contribution in [2.75, 3.05) is 5.73 Å². The van der Waals surface area contributed by atoms with E-state index in [0.29, 0.717) is 5.82 Å². The van der Waals surface area contributed by atoms with Crippen molar-refractivity contribution < 1.29 is 0 Å². The topological polar surface area (TPSA) is 38.9 Å². The van der Waals surface area contributed by atoms with Crippen LogP contribution in [0.4, 0.5) is 5.82 Å². The van der Waals surface area contributed by atoms with Gasteiger partial charge in [-0.25, -0.2) is 4.98 Å². The summed E-state index contributed by atoms with van der Waals surface area (Å²) < 4.78 is 0. The van der Waals surface area contributed by atoms with E-state index in [-0.39, 0.29) is 0 Å². The fraction of sp³-hybridized carbons (Fsp3) is 0.625. The molecule has 1 rings (SSSR count). The molecule has 0 saturated heterocycles. The number of unbranched alkanes of at least 4 members (excludes halogenated alkanes) is 1. The second-order valence-corrected chi connectivity index (χ2v) is 3.94. The molecule has 3 heteroatoms. The van der Waals surface area contributed by atoms with Gasteiger partial charge in [0.25, 0.3) is 0 Å². The molecule has 0 bridgehead atoms. The number of nitrogens with two attached hydrogens (primary N) is 1. The van der Waals surface area contributed by atoms with E-state index < -0.39 is 0 Å². The summed E-state index contributed by atoms with van der Waals surface area (Å²) in [6, 6.07) is 0. The zero-order valence-corrected chi connectivity index (χ0v) is 7.87. The largest absolute Gasteiger partial charge is 0.383 e. The van der Waals surface area contributed by atoms with Gasteiger partial charge in [-0.1, -0.05) is 13.3 Å². The van der Waals surface area contributed by atoms with Gasteiger partial charge in [0.1, 0.15) is 5.82 Å². The van der Waals surface area contributed by atoms with Gasteiger partial charge >= 0.3 is 0 Å². The molecule has 1 aromatic heterocycles. The molecule has 0 unspecified atom stereocenters. The van der Waals surface area contributed by atoms with Crippen molar-refractivity contribution in [3.05, 3.63) is 9.88 Å². The number of hydrogen-bond acceptors (Lipinski definition) is 3. The van der Waals surface area contributed by atoms with Gasteiger partial charge < -0.3 is 5.73 Å². The third kappa shape index (κ3) is 2.19. The molecular formula is C8H14N2S. The highest BCUT2D eigenvalue weighted by Crippen LogP contribution is 2.20. The number of nitrogen functional groups attached to an aromatic ring is 1. The summed E-state index contributed by atoms with van der Waals surface area (Å²) in [5.41, 5.74) is 5.61. The van der Waals surface area contributed by atoms with Crippen LogP contribution in [0, 0.1) is 6.92 Å². The van der Waals surface area contributed by atoms with Crippen molar-refractivity contribution >= 4 is 17.2 Å². The molecule has 0 amide bonds. The van der Waals surface area contributed by atoms with Gasteiger partial charge in [0, 0.05) is 4.88 Å². The number of rotatable bonds is 3. The van der Waals surface area contributed by atoms with Crippen LogP contribution >= 0.6 is 11.3 Å². The minimum atomic E-state index is 0.709. The van der Waals surface area contributed by atoms with E-state index in [0.717, 1.165) is 11.3 Å². The predicted octanol–water partition coefficient (Wildman–Crippen LogP) is 2.38. The summed E-state index contributed by atoms with van der Waals surface area (Å²) in [4.78, 5) is 5.39. The lowest BCUT2D eigenvalue weighted by molar-refractivity contribution is 0.790. The van der Waals surface area contributed by atoms with Crippen molar-refractivity contribution in [2.24, 2.45) is 0 Å². The molecule has 0 aliphatic carbocycles. The molecule has 1 aromatic rings. The molecule has 0 aliphatic heterocycles. The Balaban J connectivity index is 2.58. The number of hydrogen-bond donors (Lipinski definition) is 1. The predicted molar refractivity (Wildman–Crippen MR) is 49.9 cm³/mol. The van der Waals surface area contributed by atoms with Crippen LogP contribution in [0.25, 0.3) is 0 Å². The average molecular weight is 170 g/mol. The first kappa shape index (κ1) is 8.53. The van der Waals surface area contributed by atoms with Gasteiger partial charge in [0.15, 0.2) is 0 Å². The molecule has 0 atom stereocenters. The highest BCUT2D eigenvalue weighted by atomic mass is 32.1. The van der Waals surface area contributed by atoms with Crippen molar-refractivity contribution in [1.82, 2.24) is 4.98 Å². The van der Waals surface area contributed by atoms with E-state index in [9.17, 15) is 0 Å². The van der Waals surface area contributed by atoms with Crippen LogP contribution in [0.3, 0.4) is 0 Å². The van der Waals surface area contributed by atoms with E-state index in [1.54, 1.807) is 11.3 Å². The summed E-state index contributed by atoms with van der Waals surface area (Å²) in [5.74, 6) is 0.709. The third-order valence-corrected chi connectivity index (χ3v) is 2.67. The van der Waals surface area contributed by atoms with Crippen LogP contribution in [0.5, 0.6) is 0 Å². The highest BCUT2D eigenvalue weighted by Gasteiger charge is 2.02. The molecule has 11 heavy (non-hydrogen) atoms. The maximum atomic E-state index is 5.61. The minimum absolute atomic E-state index is 0.709. The quantitative estimate of drug-likeness (QED) is 0.756. The Kier molecular flexibility index (Phi) is 2.88. The lowest BCUT2D eigenvalue weighted by Gasteiger charge is -1.89. The maximum Gasteiger partial charge on any atom is 0.137 e. The molecule has 0 spiro atoms. The van der Waals surface area contributed by atoms with Crippen LogP contribution in [0.2, 0.25) is 0 Å². The van der Waals surface area contributed by atoms with E-state index >= 15 is 0 Å². The zero-order valence-electron chi connectivity index (χ0n) is 7.05. The Labute approximate surface area is 71.5 Å². The molecule has 0 saturated carbocycles. The van der Waals surface area contributed by atoms with Gasteiger partial charge in [-0.3, -0.25) is 0 Å². The number of aromatic nitrogens is 1. The Morgan fingerprint density at radius 2 is 2.27 bits per heavy atom. The Morgan fingerprint density at radius 1 is 1.55 bits per heavy atom. The smallest absolute Gasteiger partial charge is 0.137 e. The summed E-state index contributed by atoms with van der Waals surface area (Å²) in [6.45, 7) is 4.20. The van der Waals surface area contributed by atoms with Crippen molar-refractivity contribution in [3.63, 3.8) is 0 Å². The molecule has 0 fully saturated rings. The standard InChI is InChI=1S/C8H14N2S/c1-3-4-5-7-10-8(9)6(2)11-7/h3-5,9H2,1-2H3. The number of aryl methyl sites for hydroxylation is 2. The van der Waals surface area contributed by atoms with Crippen LogP contribution in [0.1, 0.15) is 29.7 Å². The van der Waals surface area contributed by atoms with Crippen molar-refractivity contribution in [3.8, 4) is 0 Å². The van der Waals surface area contributed by atoms with E-state index in [2.05, 4.69) is 11.9 Å². The summed E-state index contributed by atoms with van der Waals surface area (Å²) in [5, 5.41) is 1.18. The van der Waals surface area contributed by atoms with E-state index in [4.69, 9.17) is 5.73 Å². The highest BCUT2D eigenvalue weighted by molar-refractivity contribution is 7.12. The molecule has 1 heterocycles. The van der Waals surface area contributed by atoms with Gasteiger partial charge in [-0.15, -0.1) is 11.3 Å². The van der Waals surface area contributed by atoms with Crippen LogP contribution in [0.15, 0.2) is 0 Å². The SMILES string of the molecule is CCCCc1nc(N)c(C)s1. The fourth-order valence-electron chi connectivity index (χ4n) is 0.900. The van der Waals surface area contributed by atoms with E-state index in [1.807, 2.05) is 6.92 Å². The molecule has 2 nitrogen and oxygen atoms in total. The molecular weight excluding hydrogens is 156 g/mol. The monoisotopic (exact) mass is 170 g/mol. The Morgan fingerprint density at radius 3 is 2.73 bits per heavy atom. The second-order valence-electron chi connectivity index (χ2n) is 2.65. The van der Waals surface area contributed by atoms with Gasteiger partial charge in [-0.05, 0) is 19.8 Å². The number of thiazole rings is 1. The van der Waals surface area contributed by atoms with Crippen LogP contribution in [-0.4, -0.2) is 4.98 Å². The molecule has 2 N–H and O–H groups in total. The Bertz CT molecular complexity index is 210. The normalized spacial score (nSPS) is 10.4. The molecule has 0 aromatic carbocycles. The van der Waals surface area contributed by atoms with Gasteiger partial charge in [0.2, 0.25) is 0 Å².